The summed E-state index contributed by atoms with van der Waals surface area (Å²) in [6.45, 7) is 8.14. The first kappa shape index (κ1) is 16.4. The van der Waals surface area contributed by atoms with Gasteiger partial charge in [0.05, 0.1) is 18.4 Å². The smallest absolute Gasteiger partial charge is 0.0891 e. The third kappa shape index (κ3) is 5.76. The minimum absolute atomic E-state index is 0.438. The molecule has 1 aromatic heterocycles. The molecule has 3 heteroatoms. The van der Waals surface area contributed by atoms with Crippen molar-refractivity contribution in [3.05, 3.63) is 29.6 Å². The maximum absolute atomic E-state index is 6.06. The first-order valence-corrected chi connectivity index (χ1v) is 8.46. The Morgan fingerprint density at radius 3 is 2.86 bits per heavy atom. The van der Waals surface area contributed by atoms with Crippen LogP contribution in [-0.2, 0) is 17.9 Å². The third-order valence-electron chi connectivity index (χ3n) is 4.38. The molecule has 1 aliphatic carbocycles. The maximum atomic E-state index is 6.06. The highest BCUT2D eigenvalue weighted by molar-refractivity contribution is 5.13. The van der Waals surface area contributed by atoms with Crippen molar-refractivity contribution >= 4 is 0 Å². The summed E-state index contributed by atoms with van der Waals surface area (Å²) < 4.78 is 6.06. The largest absolute Gasteiger partial charge is 0.372 e. The highest BCUT2D eigenvalue weighted by atomic mass is 16.5. The van der Waals surface area contributed by atoms with E-state index in [0.29, 0.717) is 18.8 Å². The number of hydrogen-bond donors (Lipinski definition) is 1. The van der Waals surface area contributed by atoms with Gasteiger partial charge in [-0.15, -0.1) is 0 Å². The molecule has 0 spiro atoms. The highest BCUT2D eigenvalue weighted by Crippen LogP contribution is 2.28. The highest BCUT2D eigenvalue weighted by Gasteiger charge is 2.21. The summed E-state index contributed by atoms with van der Waals surface area (Å²) in [4.78, 5) is 4.52. The molecule has 2 rings (SSSR count). The Hall–Kier alpha value is -0.930. The Labute approximate surface area is 129 Å². The molecule has 0 aromatic carbocycles. The SMILES string of the molecule is CCC1CCCC(OCc2ccc(CNC(C)C)cn2)C1. The molecule has 2 unspecified atom stereocenters. The minimum Gasteiger partial charge on any atom is -0.372 e. The van der Waals surface area contributed by atoms with Crippen molar-refractivity contribution in [1.29, 1.82) is 0 Å². The number of aromatic nitrogens is 1. The van der Waals surface area contributed by atoms with Crippen molar-refractivity contribution in [2.24, 2.45) is 5.92 Å². The molecule has 0 radical (unpaired) electrons. The van der Waals surface area contributed by atoms with Gasteiger partial charge in [0.1, 0.15) is 0 Å². The van der Waals surface area contributed by atoms with Crippen LogP contribution in [0.3, 0.4) is 0 Å². The maximum Gasteiger partial charge on any atom is 0.0891 e. The van der Waals surface area contributed by atoms with Crippen LogP contribution in [0.15, 0.2) is 18.3 Å². The zero-order valence-corrected chi connectivity index (χ0v) is 13.8. The molecule has 1 saturated carbocycles. The Bertz CT molecular complexity index is 402. The van der Waals surface area contributed by atoms with Gasteiger partial charge in [-0.1, -0.05) is 46.1 Å². The van der Waals surface area contributed by atoms with Gasteiger partial charge in [-0.25, -0.2) is 0 Å². The summed E-state index contributed by atoms with van der Waals surface area (Å²) in [6, 6.07) is 4.75. The van der Waals surface area contributed by atoms with Gasteiger partial charge >= 0.3 is 0 Å². The van der Waals surface area contributed by atoms with Crippen LogP contribution in [0, 0.1) is 5.92 Å². The Balaban J connectivity index is 1.75. The zero-order chi connectivity index (χ0) is 15.1. The molecule has 21 heavy (non-hydrogen) atoms. The first-order chi connectivity index (χ1) is 10.2. The molecule has 1 aromatic rings. The molecule has 3 nitrogen and oxygen atoms in total. The predicted octanol–water partition coefficient (Wildman–Crippen LogP) is 4.07. The topological polar surface area (TPSA) is 34.1 Å². The van der Waals surface area contributed by atoms with E-state index in [1.807, 2.05) is 6.20 Å². The second kappa shape index (κ2) is 8.50. The van der Waals surface area contributed by atoms with Gasteiger partial charge in [0, 0.05) is 18.8 Å². The van der Waals surface area contributed by atoms with Gasteiger partial charge in [-0.2, -0.15) is 0 Å². The lowest BCUT2D eigenvalue weighted by atomic mass is 9.85. The average Bonchev–Trinajstić information content (AvgIpc) is 2.52. The number of hydrogen-bond acceptors (Lipinski definition) is 3. The van der Waals surface area contributed by atoms with Crippen LogP contribution in [0.1, 0.15) is 64.1 Å². The molecule has 1 heterocycles. The van der Waals surface area contributed by atoms with Crippen molar-refractivity contribution in [3.8, 4) is 0 Å². The van der Waals surface area contributed by atoms with Crippen molar-refractivity contribution in [3.63, 3.8) is 0 Å². The predicted molar refractivity (Wildman–Crippen MR) is 87.0 cm³/mol. The summed E-state index contributed by atoms with van der Waals surface area (Å²) in [5, 5.41) is 3.40. The van der Waals surface area contributed by atoms with Gasteiger partial charge in [0.25, 0.3) is 0 Å². The molecule has 0 bridgehead atoms. The standard InChI is InChI=1S/C18H30N2O/c1-4-15-6-5-7-18(10-15)21-13-17-9-8-16(12-20-17)11-19-14(2)3/h8-9,12,14-15,18-19H,4-7,10-11,13H2,1-3H3. The average molecular weight is 290 g/mol. The van der Waals surface area contributed by atoms with E-state index >= 15 is 0 Å². The number of ether oxygens (including phenoxy) is 1. The van der Waals surface area contributed by atoms with Crippen molar-refractivity contribution < 1.29 is 4.74 Å². The van der Waals surface area contributed by atoms with E-state index in [2.05, 4.69) is 43.2 Å². The molecular weight excluding hydrogens is 260 g/mol. The van der Waals surface area contributed by atoms with Crippen LogP contribution in [0.2, 0.25) is 0 Å². The normalized spacial score (nSPS) is 22.7. The van der Waals surface area contributed by atoms with E-state index in [1.165, 1.54) is 37.7 Å². The van der Waals surface area contributed by atoms with Gasteiger partial charge in [-0.3, -0.25) is 4.98 Å². The summed E-state index contributed by atoms with van der Waals surface area (Å²) in [5.41, 5.74) is 2.28. The van der Waals surface area contributed by atoms with E-state index in [9.17, 15) is 0 Å². The van der Waals surface area contributed by atoms with Crippen molar-refractivity contribution in [2.75, 3.05) is 0 Å². The summed E-state index contributed by atoms with van der Waals surface area (Å²) in [7, 11) is 0. The zero-order valence-electron chi connectivity index (χ0n) is 13.8. The van der Waals surface area contributed by atoms with E-state index in [1.54, 1.807) is 0 Å². The van der Waals surface area contributed by atoms with Crippen molar-refractivity contribution in [2.45, 2.75) is 78.2 Å². The molecule has 1 fully saturated rings. The Morgan fingerprint density at radius 1 is 1.33 bits per heavy atom. The van der Waals surface area contributed by atoms with Crippen LogP contribution < -0.4 is 5.32 Å². The second-order valence-corrected chi connectivity index (χ2v) is 6.57. The second-order valence-electron chi connectivity index (χ2n) is 6.57. The summed E-state index contributed by atoms with van der Waals surface area (Å²) >= 11 is 0. The fourth-order valence-corrected chi connectivity index (χ4v) is 2.93. The monoisotopic (exact) mass is 290 g/mol. The summed E-state index contributed by atoms with van der Waals surface area (Å²) in [5.74, 6) is 0.862. The lowest BCUT2D eigenvalue weighted by Gasteiger charge is -2.28. The summed E-state index contributed by atoms with van der Waals surface area (Å²) in [6.07, 6.45) is 8.83. The quantitative estimate of drug-likeness (QED) is 0.822. The van der Waals surface area contributed by atoms with Crippen LogP contribution in [0.25, 0.3) is 0 Å². The van der Waals surface area contributed by atoms with Gasteiger partial charge in [-0.05, 0) is 30.4 Å². The first-order valence-electron chi connectivity index (χ1n) is 8.46. The lowest BCUT2D eigenvalue weighted by molar-refractivity contribution is 0.000341. The van der Waals surface area contributed by atoms with E-state index in [-0.39, 0.29) is 0 Å². The number of nitrogens with one attached hydrogen (secondary N) is 1. The molecular formula is C18H30N2O. The lowest BCUT2D eigenvalue weighted by Crippen LogP contribution is -2.23. The van der Waals surface area contributed by atoms with Crippen LogP contribution in [-0.4, -0.2) is 17.1 Å². The number of nitrogens with zero attached hydrogens (tertiary/aromatic N) is 1. The molecule has 118 valence electrons. The molecule has 0 aliphatic heterocycles. The fourth-order valence-electron chi connectivity index (χ4n) is 2.93. The molecule has 2 atom stereocenters. The molecule has 0 amide bonds. The Kier molecular flexibility index (Phi) is 6.65. The van der Waals surface area contributed by atoms with Crippen LogP contribution >= 0.6 is 0 Å². The van der Waals surface area contributed by atoms with Gasteiger partial charge in [0.2, 0.25) is 0 Å². The Morgan fingerprint density at radius 2 is 2.19 bits per heavy atom. The van der Waals surface area contributed by atoms with Crippen LogP contribution in [0.5, 0.6) is 0 Å². The number of rotatable bonds is 7. The van der Waals surface area contributed by atoms with Gasteiger partial charge < -0.3 is 10.1 Å². The molecule has 0 saturated heterocycles. The third-order valence-corrected chi connectivity index (χ3v) is 4.38. The number of pyridine rings is 1. The minimum atomic E-state index is 0.438. The molecule has 1 aliphatic rings. The van der Waals surface area contributed by atoms with E-state index in [0.717, 1.165) is 18.2 Å². The van der Waals surface area contributed by atoms with E-state index < -0.39 is 0 Å². The molecule has 1 N–H and O–H groups in total. The van der Waals surface area contributed by atoms with E-state index in [4.69, 9.17) is 4.74 Å². The van der Waals surface area contributed by atoms with Crippen LogP contribution in [0.4, 0.5) is 0 Å². The van der Waals surface area contributed by atoms with Gasteiger partial charge in [0.15, 0.2) is 0 Å². The fraction of sp³-hybridized carbons (Fsp3) is 0.722. The van der Waals surface area contributed by atoms with Crippen molar-refractivity contribution in [1.82, 2.24) is 10.3 Å².